The highest BCUT2D eigenvalue weighted by Gasteiger charge is 2.32. The zero-order valence-electron chi connectivity index (χ0n) is 26.8. The van der Waals surface area contributed by atoms with Gasteiger partial charge in [-0.2, -0.15) is 8.42 Å². The van der Waals surface area contributed by atoms with Crippen LogP contribution >= 0.6 is 0 Å². The third kappa shape index (κ3) is 17.8. The lowest BCUT2D eigenvalue weighted by Gasteiger charge is -2.30. The quantitative estimate of drug-likeness (QED) is 0.170. The number of aliphatic hydroxyl groups excluding tert-OH is 1. The van der Waals surface area contributed by atoms with Gasteiger partial charge in [-0.05, 0) is 67.7 Å². The summed E-state index contributed by atoms with van der Waals surface area (Å²) in [6.07, 6.45) is 10.5. The van der Waals surface area contributed by atoms with Gasteiger partial charge in [0, 0.05) is 55.5 Å². The minimum Gasteiger partial charge on any atom is -0.481 e. The van der Waals surface area contributed by atoms with Crippen LogP contribution in [0.4, 0.5) is 0 Å². The van der Waals surface area contributed by atoms with Crippen molar-refractivity contribution in [2.45, 2.75) is 129 Å². The Morgan fingerprint density at radius 3 is 1.41 bits per heavy atom. The number of rotatable bonds is 4. The molecule has 252 valence electrons. The minimum atomic E-state index is -3.21. The van der Waals surface area contributed by atoms with E-state index in [0.717, 1.165) is 69.5 Å². The van der Waals surface area contributed by atoms with Crippen molar-refractivity contribution in [3.8, 4) is 0 Å². The summed E-state index contributed by atoms with van der Waals surface area (Å²) < 4.78 is 25.8. The van der Waals surface area contributed by atoms with E-state index in [1.54, 1.807) is 0 Å². The third-order valence-electron chi connectivity index (χ3n) is 7.98. The molecule has 0 aromatic carbocycles. The number of azide groups is 1. The topological polar surface area (TPSA) is 227 Å². The molecule has 0 spiro atoms. The van der Waals surface area contributed by atoms with Gasteiger partial charge in [0.15, 0.2) is 0 Å². The van der Waals surface area contributed by atoms with Crippen LogP contribution in [0, 0.1) is 29.6 Å². The Kier molecular flexibility index (Phi) is 17.3. The summed E-state index contributed by atoms with van der Waals surface area (Å²) in [7, 11) is -3.21. The van der Waals surface area contributed by atoms with Crippen molar-refractivity contribution < 1.29 is 42.0 Å². The Bertz CT molecular complexity index is 1060. The maximum atomic E-state index is 10.5. The molecule has 0 aromatic heterocycles. The third-order valence-corrected chi connectivity index (χ3v) is 8.61. The summed E-state index contributed by atoms with van der Waals surface area (Å²) in [5, 5.41) is 20.4. The van der Waals surface area contributed by atoms with Gasteiger partial charge in [0.25, 0.3) is 10.1 Å². The Morgan fingerprint density at radius 2 is 1.25 bits per heavy atom. The van der Waals surface area contributed by atoms with Gasteiger partial charge in [-0.25, -0.2) is 0 Å². The van der Waals surface area contributed by atoms with Gasteiger partial charge >= 0.3 is 5.97 Å². The molecule has 0 bridgehead atoms. The molecule has 0 saturated heterocycles. The predicted molar refractivity (Wildman–Crippen MR) is 165 cm³/mol. The number of carbonyl (C=O) groups is 4. The second-order valence-corrected chi connectivity index (χ2v) is 15.0. The summed E-state index contributed by atoms with van der Waals surface area (Å²) >= 11 is 0. The molecule has 0 unspecified atom stereocenters. The molecule has 44 heavy (non-hydrogen) atoms. The van der Waals surface area contributed by atoms with E-state index in [4.69, 9.17) is 25.7 Å². The molecule has 0 aromatic rings. The predicted octanol–water partition coefficient (Wildman–Crippen LogP) is 4.35. The molecule has 13 nitrogen and oxygen atoms in total. The van der Waals surface area contributed by atoms with Crippen LogP contribution in [0.25, 0.3) is 10.4 Å². The van der Waals surface area contributed by atoms with Crippen LogP contribution in [0.3, 0.4) is 0 Å². The van der Waals surface area contributed by atoms with Gasteiger partial charge < -0.3 is 15.9 Å². The van der Waals surface area contributed by atoms with Gasteiger partial charge in [0.05, 0.1) is 24.4 Å². The fourth-order valence-electron chi connectivity index (χ4n) is 4.95. The van der Waals surface area contributed by atoms with Crippen molar-refractivity contribution in [1.29, 1.82) is 0 Å². The van der Waals surface area contributed by atoms with E-state index >= 15 is 0 Å². The monoisotopic (exact) mass is 644 g/mol. The second-order valence-electron chi connectivity index (χ2n) is 13.4. The summed E-state index contributed by atoms with van der Waals surface area (Å²) in [5.74, 6) is 2.49. The maximum absolute atomic E-state index is 10.5. The highest BCUT2D eigenvalue weighted by molar-refractivity contribution is 7.86. The van der Waals surface area contributed by atoms with Crippen LogP contribution in [0.1, 0.15) is 105 Å². The Labute approximate surface area is 261 Å². The lowest BCUT2D eigenvalue weighted by atomic mass is 9.83. The zero-order valence-corrected chi connectivity index (χ0v) is 27.6. The summed E-state index contributed by atoms with van der Waals surface area (Å²) in [5.41, 5.74) is 13.2. The Hall–Kier alpha value is -2.38. The van der Waals surface area contributed by atoms with Gasteiger partial charge in [-0.3, -0.25) is 23.4 Å². The first kappa shape index (κ1) is 39.6. The van der Waals surface area contributed by atoms with Gasteiger partial charge in [-0.15, -0.1) is 0 Å². The average molecular weight is 645 g/mol. The molecule has 0 aliphatic heterocycles. The highest BCUT2D eigenvalue weighted by Crippen LogP contribution is 2.30. The van der Waals surface area contributed by atoms with E-state index in [-0.39, 0.29) is 42.8 Å². The fourth-order valence-corrected chi connectivity index (χ4v) is 5.60. The molecular formula is C30H52N4O9S. The summed E-state index contributed by atoms with van der Waals surface area (Å²) in [6, 6.07) is 0.507. The van der Waals surface area contributed by atoms with E-state index < -0.39 is 16.1 Å². The number of aliphatic carboxylic acids is 1. The number of nitrogens with zero attached hydrogens (tertiary/aromatic N) is 3. The van der Waals surface area contributed by atoms with Crippen molar-refractivity contribution >= 4 is 33.4 Å². The Morgan fingerprint density at radius 1 is 0.818 bits per heavy atom. The molecule has 4 N–H and O–H groups in total. The molecule has 0 heterocycles. The van der Waals surface area contributed by atoms with E-state index in [1.165, 1.54) is 0 Å². The zero-order chi connectivity index (χ0) is 33.6. The van der Waals surface area contributed by atoms with Crippen molar-refractivity contribution in [2.75, 3.05) is 6.26 Å². The number of aliphatic hydroxyl groups is 1. The lowest BCUT2D eigenvalue weighted by Crippen LogP contribution is -2.36. The number of carbonyl (C=O) groups excluding carboxylic acids is 3. The summed E-state index contributed by atoms with van der Waals surface area (Å²) in [6.45, 7) is 8.51. The number of hydrogen-bond acceptors (Lipinski definition) is 10. The second kappa shape index (κ2) is 19.2. The van der Waals surface area contributed by atoms with Crippen LogP contribution in [-0.2, 0) is 33.5 Å². The van der Waals surface area contributed by atoms with Crippen molar-refractivity contribution in [3.63, 3.8) is 0 Å². The van der Waals surface area contributed by atoms with Crippen LogP contribution < -0.4 is 5.73 Å². The Balaban J connectivity index is 0.000000267. The summed E-state index contributed by atoms with van der Waals surface area (Å²) in [4.78, 5) is 43.0. The first-order chi connectivity index (χ1) is 20.4. The number of hydrogen-bond donors (Lipinski definition) is 3. The number of Topliss-reactive ketones (excluding diaryl/α,β-unsaturated/α-hetero) is 3. The van der Waals surface area contributed by atoms with Crippen LogP contribution in [0.5, 0.6) is 0 Å². The largest absolute Gasteiger partial charge is 0.481 e. The molecule has 0 amide bonds. The van der Waals surface area contributed by atoms with Crippen LogP contribution in [0.2, 0.25) is 0 Å². The maximum Gasteiger partial charge on any atom is 0.307 e. The molecule has 6 aliphatic rings. The normalized spacial score (nSPS) is 30.3. The molecule has 6 aliphatic carbocycles. The smallest absolute Gasteiger partial charge is 0.307 e. The number of nitrogens with two attached hydrogens (primary N) is 1. The molecule has 0 radical (unpaired) electrons. The molecule has 6 saturated carbocycles. The first-order valence-electron chi connectivity index (χ1n) is 15.5. The molecule has 6 fully saturated rings. The van der Waals surface area contributed by atoms with E-state index in [0.29, 0.717) is 42.3 Å². The van der Waals surface area contributed by atoms with Crippen molar-refractivity contribution in [2.24, 2.45) is 40.4 Å². The van der Waals surface area contributed by atoms with Gasteiger partial charge in [0.1, 0.15) is 17.3 Å². The molecule has 0 atom stereocenters. The standard InChI is InChI=1S/C6H12O3S.C5H9N3.C5H6O3.C5H10O.C5H8O.C4H7NO/c1-5-3-6(4-5)9-10(2,7)8;1-4-2-5(3-4)7-8-6;6-4-1-3(2-4)5(7)8;2*1-4-2-5(6)3-4;5-3-1-4(6)2-3/h5-6H,3-4H2,1-2H3;4-5H,2-3H2,1H3;3H,1-2H2,(H,7,8);4-6H,2-3H2,1H3;4H,2-3H2,1H3;3H,1-2,5H2. The minimum absolute atomic E-state index is 0.0370. The van der Waals surface area contributed by atoms with Crippen LogP contribution in [-0.4, -0.2) is 72.5 Å². The SMILES string of the molecule is CC1CC(=O)C1.CC1CC(N=[N+]=[N-])C1.CC1CC(O)C1.CC1CC(OS(C)(=O)=O)C1.NC1CC(=O)C1.O=C1CC(C(=O)O)C1. The first-order valence-corrected chi connectivity index (χ1v) is 17.3. The molecule has 14 heteroatoms. The average Bonchev–Trinajstić information content (AvgIpc) is 2.79. The number of carboxylic acids is 1. The van der Waals surface area contributed by atoms with Gasteiger partial charge in [0.2, 0.25) is 0 Å². The highest BCUT2D eigenvalue weighted by atomic mass is 32.2. The van der Waals surface area contributed by atoms with E-state index in [9.17, 15) is 27.6 Å². The van der Waals surface area contributed by atoms with Gasteiger partial charge in [-0.1, -0.05) is 32.8 Å². The van der Waals surface area contributed by atoms with Crippen molar-refractivity contribution in [3.05, 3.63) is 10.4 Å². The van der Waals surface area contributed by atoms with Crippen molar-refractivity contribution in [1.82, 2.24) is 0 Å². The number of carboxylic acid groups (broad SMARTS) is 1. The van der Waals surface area contributed by atoms with Crippen LogP contribution in [0.15, 0.2) is 5.11 Å². The molecular weight excluding hydrogens is 592 g/mol. The van der Waals surface area contributed by atoms with E-state index in [1.807, 2.05) is 0 Å². The fraction of sp³-hybridized carbons (Fsp3) is 0.867. The number of ketones is 3. The lowest BCUT2D eigenvalue weighted by molar-refractivity contribution is -0.149. The van der Waals surface area contributed by atoms with E-state index in [2.05, 4.69) is 37.7 Å². The molecule has 6 rings (SSSR count).